The summed E-state index contributed by atoms with van der Waals surface area (Å²) >= 11 is 0. The Morgan fingerprint density at radius 1 is 1.07 bits per heavy atom. The third kappa shape index (κ3) is 5.95. The highest BCUT2D eigenvalue weighted by atomic mass is 16.5. The minimum atomic E-state index is -0.561. The van der Waals surface area contributed by atoms with Crippen LogP contribution < -0.4 is 10.1 Å². The van der Waals surface area contributed by atoms with E-state index in [1.807, 2.05) is 53.3 Å². The number of nitrogens with zero attached hydrogens (tertiary/aromatic N) is 2. The van der Waals surface area contributed by atoms with Gasteiger partial charge in [-0.1, -0.05) is 57.2 Å². The van der Waals surface area contributed by atoms with Crippen molar-refractivity contribution in [1.29, 1.82) is 0 Å². The van der Waals surface area contributed by atoms with Gasteiger partial charge in [0, 0.05) is 18.9 Å². The fourth-order valence-electron chi connectivity index (χ4n) is 2.97. The Balaban J connectivity index is 1.48. The molecule has 0 aliphatic carbocycles. The lowest BCUT2D eigenvalue weighted by molar-refractivity contribution is -0.127. The molecule has 0 bridgehead atoms. The molecule has 5 heteroatoms. The molecule has 0 saturated carbocycles. The maximum absolute atomic E-state index is 12.4. The summed E-state index contributed by atoms with van der Waals surface area (Å²) in [5.41, 5.74) is 3.54. The first-order chi connectivity index (χ1) is 13.8. The molecule has 1 aromatic heterocycles. The number of carbonyl (C=O) groups excluding carboxylic acids is 1. The Labute approximate surface area is 172 Å². The van der Waals surface area contributed by atoms with Crippen LogP contribution in [0, 0.1) is 0 Å². The molecule has 1 N–H and O–H groups in total. The van der Waals surface area contributed by atoms with Gasteiger partial charge in [0.2, 0.25) is 0 Å². The Hall–Kier alpha value is -3.08. The number of hydrogen-bond acceptors (Lipinski definition) is 3. The van der Waals surface area contributed by atoms with Crippen molar-refractivity contribution in [3.8, 4) is 5.75 Å². The van der Waals surface area contributed by atoms with Gasteiger partial charge in [0.05, 0.1) is 6.54 Å². The van der Waals surface area contributed by atoms with Gasteiger partial charge < -0.3 is 10.1 Å². The van der Waals surface area contributed by atoms with Crippen LogP contribution in [0.1, 0.15) is 44.4 Å². The SMILES string of the molecule is C[C@@H](Oc1ccc(C(C)(C)C)cc1)C(=O)NCc1ccc(Cn2cccn2)cc1. The Bertz CT molecular complexity index is 908. The van der Waals surface area contributed by atoms with Gasteiger partial charge in [-0.15, -0.1) is 0 Å². The zero-order valence-electron chi connectivity index (χ0n) is 17.6. The van der Waals surface area contributed by atoms with Crippen molar-refractivity contribution >= 4 is 5.91 Å². The number of carbonyl (C=O) groups is 1. The number of amides is 1. The van der Waals surface area contributed by atoms with Crippen molar-refractivity contribution in [2.45, 2.75) is 52.3 Å². The number of nitrogens with one attached hydrogen (secondary N) is 1. The summed E-state index contributed by atoms with van der Waals surface area (Å²) in [5.74, 6) is 0.564. The van der Waals surface area contributed by atoms with E-state index in [1.165, 1.54) is 11.1 Å². The lowest BCUT2D eigenvalue weighted by atomic mass is 9.87. The molecule has 29 heavy (non-hydrogen) atoms. The van der Waals surface area contributed by atoms with E-state index in [0.717, 1.165) is 12.1 Å². The molecular weight excluding hydrogens is 362 g/mol. The lowest BCUT2D eigenvalue weighted by Crippen LogP contribution is -2.35. The van der Waals surface area contributed by atoms with Crippen LogP contribution in [-0.2, 0) is 23.3 Å². The molecule has 3 rings (SSSR count). The zero-order chi connectivity index (χ0) is 20.9. The molecule has 0 spiro atoms. The highest BCUT2D eigenvalue weighted by Crippen LogP contribution is 2.24. The summed E-state index contributed by atoms with van der Waals surface area (Å²) < 4.78 is 7.67. The highest BCUT2D eigenvalue weighted by molar-refractivity contribution is 5.80. The average Bonchev–Trinajstić information content (AvgIpc) is 3.20. The molecule has 0 aliphatic rings. The Morgan fingerprint density at radius 2 is 1.72 bits per heavy atom. The summed E-state index contributed by atoms with van der Waals surface area (Å²) in [4.78, 5) is 12.4. The molecule has 0 aliphatic heterocycles. The molecular formula is C24H29N3O2. The second kappa shape index (κ2) is 8.95. The Morgan fingerprint density at radius 3 is 2.31 bits per heavy atom. The molecule has 0 radical (unpaired) electrons. The summed E-state index contributed by atoms with van der Waals surface area (Å²) in [5, 5.41) is 7.15. The van der Waals surface area contributed by atoms with Gasteiger partial charge in [-0.25, -0.2) is 0 Å². The molecule has 2 aromatic carbocycles. The van der Waals surface area contributed by atoms with E-state index in [-0.39, 0.29) is 11.3 Å². The minimum absolute atomic E-state index is 0.0927. The van der Waals surface area contributed by atoms with Crippen molar-refractivity contribution in [3.63, 3.8) is 0 Å². The predicted molar refractivity (Wildman–Crippen MR) is 115 cm³/mol. The first-order valence-corrected chi connectivity index (χ1v) is 9.91. The average molecular weight is 392 g/mol. The van der Waals surface area contributed by atoms with Gasteiger partial charge in [-0.2, -0.15) is 5.10 Å². The fourth-order valence-corrected chi connectivity index (χ4v) is 2.97. The third-order valence-corrected chi connectivity index (χ3v) is 4.80. The smallest absolute Gasteiger partial charge is 0.261 e. The van der Waals surface area contributed by atoms with Gasteiger partial charge in [-0.05, 0) is 47.2 Å². The molecule has 152 valence electrons. The number of hydrogen-bond donors (Lipinski definition) is 1. The lowest BCUT2D eigenvalue weighted by Gasteiger charge is -2.20. The first kappa shape index (κ1) is 20.6. The molecule has 1 heterocycles. The highest BCUT2D eigenvalue weighted by Gasteiger charge is 2.16. The molecule has 1 atom stereocenters. The molecule has 0 unspecified atom stereocenters. The van der Waals surface area contributed by atoms with Gasteiger partial charge in [0.1, 0.15) is 5.75 Å². The number of rotatable bonds is 7. The quantitative estimate of drug-likeness (QED) is 0.653. The van der Waals surface area contributed by atoms with Crippen LogP contribution in [0.5, 0.6) is 5.75 Å². The van der Waals surface area contributed by atoms with Crippen LogP contribution in [-0.4, -0.2) is 21.8 Å². The number of ether oxygens (including phenoxy) is 1. The van der Waals surface area contributed by atoms with E-state index in [4.69, 9.17) is 4.74 Å². The van der Waals surface area contributed by atoms with Crippen LogP contribution in [0.2, 0.25) is 0 Å². The molecule has 1 amide bonds. The summed E-state index contributed by atoms with van der Waals surface area (Å²) in [6, 6.07) is 18.0. The number of aromatic nitrogens is 2. The summed E-state index contributed by atoms with van der Waals surface area (Å²) in [6.45, 7) is 9.48. The monoisotopic (exact) mass is 391 g/mol. The zero-order valence-corrected chi connectivity index (χ0v) is 17.6. The van der Waals surface area contributed by atoms with Crippen molar-refractivity contribution in [3.05, 3.63) is 83.7 Å². The van der Waals surface area contributed by atoms with Gasteiger partial charge in [0.15, 0.2) is 6.10 Å². The van der Waals surface area contributed by atoms with Gasteiger partial charge in [-0.3, -0.25) is 9.48 Å². The second-order valence-electron chi connectivity index (χ2n) is 8.27. The molecule has 0 fully saturated rings. The maximum atomic E-state index is 12.4. The van der Waals surface area contributed by atoms with Crippen molar-refractivity contribution in [2.75, 3.05) is 0 Å². The first-order valence-electron chi connectivity index (χ1n) is 9.91. The van der Waals surface area contributed by atoms with Crippen LogP contribution in [0.3, 0.4) is 0 Å². The topological polar surface area (TPSA) is 56.1 Å². The normalized spacial score (nSPS) is 12.4. The van der Waals surface area contributed by atoms with E-state index < -0.39 is 6.10 Å². The minimum Gasteiger partial charge on any atom is -0.481 e. The van der Waals surface area contributed by atoms with E-state index in [2.05, 4.69) is 43.3 Å². The van der Waals surface area contributed by atoms with E-state index in [0.29, 0.717) is 12.3 Å². The molecule has 5 nitrogen and oxygen atoms in total. The molecule has 0 saturated heterocycles. The summed E-state index contributed by atoms with van der Waals surface area (Å²) in [7, 11) is 0. The van der Waals surface area contributed by atoms with Crippen molar-refractivity contribution in [1.82, 2.24) is 15.1 Å². The van der Waals surface area contributed by atoms with Crippen LogP contribution >= 0.6 is 0 Å². The predicted octanol–water partition coefficient (Wildman–Crippen LogP) is 4.31. The summed E-state index contributed by atoms with van der Waals surface area (Å²) in [6.07, 6.45) is 3.15. The Kier molecular flexibility index (Phi) is 6.37. The standard InChI is InChI=1S/C24H29N3O2/c1-18(29-22-12-10-21(11-13-22)24(2,3)4)23(28)25-16-19-6-8-20(9-7-19)17-27-15-5-14-26-27/h5-15,18H,16-17H2,1-4H3,(H,25,28)/t18-/m1/s1. The third-order valence-electron chi connectivity index (χ3n) is 4.80. The van der Waals surface area contributed by atoms with E-state index in [1.54, 1.807) is 13.1 Å². The van der Waals surface area contributed by atoms with Crippen molar-refractivity contribution in [2.24, 2.45) is 0 Å². The fraction of sp³-hybridized carbons (Fsp3) is 0.333. The maximum Gasteiger partial charge on any atom is 0.261 e. The van der Waals surface area contributed by atoms with E-state index in [9.17, 15) is 4.79 Å². The molecule has 3 aromatic rings. The van der Waals surface area contributed by atoms with E-state index >= 15 is 0 Å². The second-order valence-corrected chi connectivity index (χ2v) is 8.27. The van der Waals surface area contributed by atoms with Crippen LogP contribution in [0.4, 0.5) is 0 Å². The van der Waals surface area contributed by atoms with Crippen LogP contribution in [0.15, 0.2) is 67.0 Å². The van der Waals surface area contributed by atoms with Crippen LogP contribution in [0.25, 0.3) is 0 Å². The van der Waals surface area contributed by atoms with Gasteiger partial charge in [0.25, 0.3) is 5.91 Å². The van der Waals surface area contributed by atoms with Crippen molar-refractivity contribution < 1.29 is 9.53 Å². The van der Waals surface area contributed by atoms with Gasteiger partial charge >= 0.3 is 0 Å². The number of benzene rings is 2. The largest absolute Gasteiger partial charge is 0.481 e.